The Bertz CT molecular complexity index is 491. The molecular formula is C17H27O3Si. The van der Waals surface area contributed by atoms with E-state index in [1.165, 1.54) is 0 Å². The lowest BCUT2D eigenvalue weighted by Gasteiger charge is -2.45. The molecule has 0 bridgehead atoms. The van der Waals surface area contributed by atoms with E-state index in [0.29, 0.717) is 0 Å². The van der Waals surface area contributed by atoms with Gasteiger partial charge in [0.1, 0.15) is 11.9 Å². The second-order valence-corrected chi connectivity index (χ2v) is 9.44. The van der Waals surface area contributed by atoms with Crippen LogP contribution in [-0.4, -0.2) is 20.9 Å². The zero-order valence-corrected chi connectivity index (χ0v) is 15.2. The minimum absolute atomic E-state index is 0.00529. The predicted molar refractivity (Wildman–Crippen MR) is 86.8 cm³/mol. The summed E-state index contributed by atoms with van der Waals surface area (Å²) in [6, 6.07) is 8.12. The van der Waals surface area contributed by atoms with Gasteiger partial charge < -0.3 is 13.9 Å². The van der Waals surface area contributed by atoms with E-state index >= 15 is 0 Å². The van der Waals surface area contributed by atoms with Crippen LogP contribution in [-0.2, 0) is 9.16 Å². The molecule has 4 heteroatoms. The molecule has 0 aliphatic carbocycles. The van der Waals surface area contributed by atoms with E-state index in [1.54, 1.807) is 0 Å². The van der Waals surface area contributed by atoms with Crippen LogP contribution < -0.4 is 4.74 Å². The molecular weight excluding hydrogens is 280 g/mol. The van der Waals surface area contributed by atoms with Gasteiger partial charge in [-0.15, -0.1) is 0 Å². The molecule has 1 aromatic rings. The number of para-hydroxylation sites is 1. The van der Waals surface area contributed by atoms with Crippen LogP contribution >= 0.6 is 0 Å². The van der Waals surface area contributed by atoms with Crippen LogP contribution in [0.15, 0.2) is 24.3 Å². The molecule has 0 spiro atoms. The summed E-state index contributed by atoms with van der Waals surface area (Å²) in [5.74, 6) is 0.262. The lowest BCUT2D eigenvalue weighted by atomic mass is 9.83. The van der Waals surface area contributed by atoms with Crippen molar-refractivity contribution >= 4 is 9.04 Å². The summed E-state index contributed by atoms with van der Waals surface area (Å²) >= 11 is 0. The SMILES string of the molecule is C[Si](C)O[C@H](C1OC(C)(C)Oc2ccccc21)C(C)(C)C. The Morgan fingerprint density at radius 3 is 2.38 bits per heavy atom. The van der Waals surface area contributed by atoms with Gasteiger partial charge >= 0.3 is 0 Å². The van der Waals surface area contributed by atoms with Crippen molar-refractivity contribution in [2.75, 3.05) is 0 Å². The molecule has 21 heavy (non-hydrogen) atoms. The Morgan fingerprint density at radius 2 is 1.81 bits per heavy atom. The number of hydrogen-bond donors (Lipinski definition) is 0. The molecule has 1 aliphatic rings. The molecule has 0 N–H and O–H groups in total. The van der Waals surface area contributed by atoms with Crippen LogP contribution in [0.3, 0.4) is 0 Å². The highest BCUT2D eigenvalue weighted by Crippen LogP contribution is 2.45. The second kappa shape index (κ2) is 5.74. The van der Waals surface area contributed by atoms with Gasteiger partial charge in [-0.05, 0) is 24.6 Å². The van der Waals surface area contributed by atoms with Crippen molar-refractivity contribution in [3.63, 3.8) is 0 Å². The van der Waals surface area contributed by atoms with E-state index in [0.717, 1.165) is 11.3 Å². The maximum atomic E-state index is 6.33. The minimum Gasteiger partial charge on any atom is -0.463 e. The summed E-state index contributed by atoms with van der Waals surface area (Å²) in [6.07, 6.45) is -0.101. The summed E-state index contributed by atoms with van der Waals surface area (Å²) in [4.78, 5) is 0. The van der Waals surface area contributed by atoms with Crippen molar-refractivity contribution in [3.8, 4) is 5.75 Å². The molecule has 3 nitrogen and oxygen atoms in total. The van der Waals surface area contributed by atoms with Crippen LogP contribution in [0, 0.1) is 5.41 Å². The first-order valence-corrected chi connectivity index (χ1v) is 9.93. The van der Waals surface area contributed by atoms with Gasteiger partial charge in [0.05, 0.1) is 6.10 Å². The van der Waals surface area contributed by atoms with Crippen molar-refractivity contribution in [2.45, 2.75) is 65.7 Å². The average molecular weight is 307 g/mol. The molecule has 1 heterocycles. The Kier molecular flexibility index (Phi) is 4.52. The quantitative estimate of drug-likeness (QED) is 0.766. The normalized spacial score (nSPS) is 22.6. The number of benzene rings is 1. The highest BCUT2D eigenvalue weighted by Gasteiger charge is 2.43. The van der Waals surface area contributed by atoms with Crippen LogP contribution in [0.1, 0.15) is 46.3 Å². The average Bonchev–Trinajstić information content (AvgIpc) is 2.32. The van der Waals surface area contributed by atoms with Crippen molar-refractivity contribution in [3.05, 3.63) is 29.8 Å². The standard InChI is InChI=1S/C17H27O3Si/c1-16(2,3)15(20-21(6)7)14-12-10-8-9-11-13(12)18-17(4,5)19-14/h8-11,14-15H,1-7H3/t14?,15-/m1/s1. The summed E-state index contributed by atoms with van der Waals surface area (Å²) in [7, 11) is -0.824. The third-order valence-corrected chi connectivity index (χ3v) is 4.21. The predicted octanol–water partition coefficient (Wildman–Crippen LogP) is 4.56. The zero-order valence-electron chi connectivity index (χ0n) is 14.2. The number of hydrogen-bond acceptors (Lipinski definition) is 3. The monoisotopic (exact) mass is 307 g/mol. The maximum absolute atomic E-state index is 6.33. The lowest BCUT2D eigenvalue weighted by molar-refractivity contribution is -0.236. The summed E-state index contributed by atoms with van der Waals surface area (Å²) < 4.78 is 18.5. The molecule has 1 aliphatic heterocycles. The molecule has 1 aromatic carbocycles. The van der Waals surface area contributed by atoms with Gasteiger partial charge in [0.15, 0.2) is 0 Å². The third kappa shape index (κ3) is 3.87. The minimum atomic E-state index is -0.824. The van der Waals surface area contributed by atoms with E-state index < -0.39 is 14.8 Å². The Balaban J connectivity index is 2.44. The second-order valence-electron chi connectivity index (χ2n) is 7.39. The first kappa shape index (κ1) is 16.5. The van der Waals surface area contributed by atoms with Gasteiger partial charge in [0.25, 0.3) is 0 Å². The highest BCUT2D eigenvalue weighted by molar-refractivity contribution is 6.48. The van der Waals surface area contributed by atoms with Crippen LogP contribution in [0.25, 0.3) is 0 Å². The Morgan fingerprint density at radius 1 is 1.19 bits per heavy atom. The van der Waals surface area contributed by atoms with Gasteiger partial charge in [0, 0.05) is 19.4 Å². The Labute approximate surface area is 130 Å². The van der Waals surface area contributed by atoms with E-state index in [2.05, 4.69) is 39.9 Å². The van der Waals surface area contributed by atoms with Crippen LogP contribution in [0.4, 0.5) is 0 Å². The molecule has 0 saturated carbocycles. The van der Waals surface area contributed by atoms with E-state index in [9.17, 15) is 0 Å². The molecule has 1 radical (unpaired) electrons. The van der Waals surface area contributed by atoms with Crippen molar-refractivity contribution in [2.24, 2.45) is 5.41 Å². The smallest absolute Gasteiger partial charge is 0.205 e. The number of fused-ring (bicyclic) bond motifs is 1. The lowest BCUT2D eigenvalue weighted by Crippen LogP contribution is -2.46. The zero-order chi connectivity index (χ0) is 15.8. The van der Waals surface area contributed by atoms with Gasteiger partial charge in [-0.1, -0.05) is 39.0 Å². The summed E-state index contributed by atoms with van der Waals surface area (Å²) in [5, 5.41) is 0. The molecule has 0 fully saturated rings. The van der Waals surface area contributed by atoms with E-state index in [-0.39, 0.29) is 17.6 Å². The molecule has 0 aromatic heterocycles. The fourth-order valence-corrected chi connectivity index (χ4v) is 3.62. The fourth-order valence-electron chi connectivity index (χ4n) is 2.64. The largest absolute Gasteiger partial charge is 0.463 e. The van der Waals surface area contributed by atoms with Crippen molar-refractivity contribution < 1.29 is 13.9 Å². The molecule has 0 amide bonds. The van der Waals surface area contributed by atoms with E-state index in [4.69, 9.17) is 13.9 Å². The van der Waals surface area contributed by atoms with E-state index in [1.807, 2.05) is 32.0 Å². The first-order valence-electron chi connectivity index (χ1n) is 7.53. The van der Waals surface area contributed by atoms with Crippen LogP contribution in [0.5, 0.6) is 5.75 Å². The first-order chi connectivity index (χ1) is 9.60. The molecule has 0 saturated heterocycles. The number of ether oxygens (including phenoxy) is 2. The topological polar surface area (TPSA) is 27.7 Å². The third-order valence-electron chi connectivity index (χ3n) is 3.48. The highest BCUT2D eigenvalue weighted by atomic mass is 28.3. The number of rotatable bonds is 3. The van der Waals surface area contributed by atoms with Crippen molar-refractivity contribution in [1.29, 1.82) is 0 Å². The van der Waals surface area contributed by atoms with Crippen LogP contribution in [0.2, 0.25) is 13.1 Å². The molecule has 1 unspecified atom stereocenters. The van der Waals surface area contributed by atoms with Crippen molar-refractivity contribution in [1.82, 2.24) is 0 Å². The maximum Gasteiger partial charge on any atom is 0.205 e. The van der Waals surface area contributed by atoms with Gasteiger partial charge in [-0.25, -0.2) is 0 Å². The summed E-state index contributed by atoms with van der Waals surface area (Å²) in [6.45, 7) is 14.9. The van der Waals surface area contributed by atoms with Gasteiger partial charge in [-0.2, -0.15) is 0 Å². The molecule has 117 valence electrons. The van der Waals surface area contributed by atoms with Gasteiger partial charge in [0.2, 0.25) is 14.8 Å². The summed E-state index contributed by atoms with van der Waals surface area (Å²) in [5.41, 5.74) is 1.08. The Hall–Kier alpha value is -0.843. The molecule has 2 rings (SSSR count). The molecule has 2 atom stereocenters. The fraction of sp³-hybridized carbons (Fsp3) is 0.647. The van der Waals surface area contributed by atoms with Gasteiger partial charge in [-0.3, -0.25) is 0 Å².